The zero-order valence-corrected chi connectivity index (χ0v) is 10.2. The number of nitrogens with one attached hydrogen (secondary N) is 2. The van der Waals surface area contributed by atoms with Crippen LogP contribution in [0.5, 0.6) is 0 Å². The zero-order chi connectivity index (χ0) is 10.5. The van der Waals surface area contributed by atoms with Gasteiger partial charge in [0.25, 0.3) is 0 Å². The molecule has 13 heavy (non-hydrogen) atoms. The zero-order valence-electron chi connectivity index (χ0n) is 9.40. The Labute approximate surface area is 87.5 Å². The standard InChI is InChI=1S/C10H22N2S/c1-6-10(4,5)12-9(13)11-7-8(2)3/h8H,6-7H2,1-5H3,(H2,11,12,13). The molecule has 0 aliphatic rings. The van der Waals surface area contributed by atoms with Gasteiger partial charge in [0, 0.05) is 12.1 Å². The van der Waals surface area contributed by atoms with Crippen molar-refractivity contribution in [2.45, 2.75) is 46.6 Å². The number of hydrogen-bond acceptors (Lipinski definition) is 1. The molecule has 0 amide bonds. The van der Waals surface area contributed by atoms with Crippen LogP contribution in [0, 0.1) is 5.92 Å². The largest absolute Gasteiger partial charge is 0.362 e. The second-order valence-electron chi connectivity index (χ2n) is 4.47. The van der Waals surface area contributed by atoms with Crippen molar-refractivity contribution in [2.24, 2.45) is 5.92 Å². The molecule has 0 atom stereocenters. The Morgan fingerprint density at radius 3 is 2.31 bits per heavy atom. The lowest BCUT2D eigenvalue weighted by Crippen LogP contribution is -2.48. The summed E-state index contributed by atoms with van der Waals surface area (Å²) in [7, 11) is 0. The maximum absolute atomic E-state index is 5.16. The molecule has 0 bridgehead atoms. The first-order chi connectivity index (χ1) is 5.87. The van der Waals surface area contributed by atoms with Gasteiger partial charge >= 0.3 is 0 Å². The lowest BCUT2D eigenvalue weighted by atomic mass is 10.0. The van der Waals surface area contributed by atoms with Gasteiger partial charge in [0.05, 0.1) is 0 Å². The van der Waals surface area contributed by atoms with Crippen molar-refractivity contribution < 1.29 is 0 Å². The van der Waals surface area contributed by atoms with Gasteiger partial charge < -0.3 is 10.6 Å². The first-order valence-corrected chi connectivity index (χ1v) is 5.34. The van der Waals surface area contributed by atoms with Crippen molar-refractivity contribution in [1.82, 2.24) is 10.6 Å². The fourth-order valence-electron chi connectivity index (χ4n) is 0.737. The van der Waals surface area contributed by atoms with Crippen LogP contribution in [-0.2, 0) is 0 Å². The fourth-order valence-corrected chi connectivity index (χ4v) is 1.10. The molecular formula is C10H22N2S. The van der Waals surface area contributed by atoms with Crippen molar-refractivity contribution >= 4 is 17.3 Å². The van der Waals surface area contributed by atoms with Crippen LogP contribution in [0.3, 0.4) is 0 Å². The quantitative estimate of drug-likeness (QED) is 0.684. The number of hydrogen-bond donors (Lipinski definition) is 2. The summed E-state index contributed by atoms with van der Waals surface area (Å²) in [5.74, 6) is 0.629. The molecule has 2 N–H and O–H groups in total. The van der Waals surface area contributed by atoms with Gasteiger partial charge in [-0.2, -0.15) is 0 Å². The highest BCUT2D eigenvalue weighted by Crippen LogP contribution is 2.06. The van der Waals surface area contributed by atoms with Gasteiger partial charge in [-0.05, 0) is 38.4 Å². The molecule has 0 spiro atoms. The smallest absolute Gasteiger partial charge is 0.166 e. The minimum absolute atomic E-state index is 0.0983. The Bertz CT molecular complexity index is 164. The molecule has 0 rings (SSSR count). The van der Waals surface area contributed by atoms with E-state index in [-0.39, 0.29) is 5.54 Å². The molecule has 78 valence electrons. The van der Waals surface area contributed by atoms with Crippen LogP contribution >= 0.6 is 12.2 Å². The number of thiocarbonyl (C=S) groups is 1. The van der Waals surface area contributed by atoms with Crippen LogP contribution < -0.4 is 10.6 Å². The Hall–Kier alpha value is -0.310. The predicted octanol–water partition coefficient (Wildman–Crippen LogP) is 2.30. The van der Waals surface area contributed by atoms with E-state index < -0.39 is 0 Å². The molecular weight excluding hydrogens is 180 g/mol. The molecule has 0 saturated heterocycles. The summed E-state index contributed by atoms with van der Waals surface area (Å²) < 4.78 is 0. The first kappa shape index (κ1) is 12.7. The second-order valence-corrected chi connectivity index (χ2v) is 4.87. The van der Waals surface area contributed by atoms with Gasteiger partial charge in [0.2, 0.25) is 0 Å². The van der Waals surface area contributed by atoms with Gasteiger partial charge in [-0.25, -0.2) is 0 Å². The molecule has 2 nitrogen and oxygen atoms in total. The van der Waals surface area contributed by atoms with Crippen LogP contribution in [0.4, 0.5) is 0 Å². The van der Waals surface area contributed by atoms with Crippen LogP contribution in [-0.4, -0.2) is 17.2 Å². The predicted molar refractivity (Wildman–Crippen MR) is 62.9 cm³/mol. The second kappa shape index (κ2) is 5.43. The van der Waals surface area contributed by atoms with Crippen molar-refractivity contribution in [1.29, 1.82) is 0 Å². The molecule has 0 aliphatic carbocycles. The van der Waals surface area contributed by atoms with E-state index >= 15 is 0 Å². The summed E-state index contributed by atoms with van der Waals surface area (Å²) in [6.45, 7) is 11.7. The van der Waals surface area contributed by atoms with Crippen molar-refractivity contribution in [3.63, 3.8) is 0 Å². The van der Waals surface area contributed by atoms with E-state index in [0.29, 0.717) is 5.92 Å². The molecule has 0 unspecified atom stereocenters. The topological polar surface area (TPSA) is 24.1 Å². The summed E-state index contributed by atoms with van der Waals surface area (Å²) in [6.07, 6.45) is 1.07. The fraction of sp³-hybridized carbons (Fsp3) is 0.900. The Balaban J connectivity index is 3.74. The van der Waals surface area contributed by atoms with Crippen LogP contribution in [0.25, 0.3) is 0 Å². The highest BCUT2D eigenvalue weighted by Gasteiger charge is 2.15. The number of rotatable bonds is 4. The van der Waals surface area contributed by atoms with Gasteiger partial charge in [-0.1, -0.05) is 20.8 Å². The van der Waals surface area contributed by atoms with E-state index in [1.807, 2.05) is 0 Å². The van der Waals surface area contributed by atoms with E-state index in [2.05, 4.69) is 45.3 Å². The Morgan fingerprint density at radius 1 is 1.38 bits per heavy atom. The van der Waals surface area contributed by atoms with Crippen molar-refractivity contribution in [2.75, 3.05) is 6.54 Å². The van der Waals surface area contributed by atoms with Crippen LogP contribution in [0.1, 0.15) is 41.0 Å². The van der Waals surface area contributed by atoms with Gasteiger partial charge in [0.1, 0.15) is 0 Å². The first-order valence-electron chi connectivity index (χ1n) is 4.93. The third-order valence-corrected chi connectivity index (χ3v) is 2.25. The van der Waals surface area contributed by atoms with E-state index in [1.54, 1.807) is 0 Å². The molecule has 0 aromatic carbocycles. The lowest BCUT2D eigenvalue weighted by molar-refractivity contribution is 0.440. The van der Waals surface area contributed by atoms with Crippen LogP contribution in [0.2, 0.25) is 0 Å². The van der Waals surface area contributed by atoms with Crippen LogP contribution in [0.15, 0.2) is 0 Å². The molecule has 0 aliphatic heterocycles. The van der Waals surface area contributed by atoms with Crippen molar-refractivity contribution in [3.8, 4) is 0 Å². The van der Waals surface area contributed by atoms with Gasteiger partial charge in [0.15, 0.2) is 5.11 Å². The highest BCUT2D eigenvalue weighted by molar-refractivity contribution is 7.80. The monoisotopic (exact) mass is 202 g/mol. The minimum atomic E-state index is 0.0983. The summed E-state index contributed by atoms with van der Waals surface area (Å²) in [4.78, 5) is 0. The Morgan fingerprint density at radius 2 is 1.92 bits per heavy atom. The van der Waals surface area contributed by atoms with Gasteiger partial charge in [-0.15, -0.1) is 0 Å². The molecule has 0 aromatic rings. The average molecular weight is 202 g/mol. The summed E-state index contributed by atoms with van der Waals surface area (Å²) in [5.41, 5.74) is 0.0983. The SMILES string of the molecule is CCC(C)(C)NC(=S)NCC(C)C. The summed E-state index contributed by atoms with van der Waals surface area (Å²) in [5, 5.41) is 7.24. The molecule has 0 heterocycles. The lowest BCUT2D eigenvalue weighted by Gasteiger charge is -2.26. The third-order valence-electron chi connectivity index (χ3n) is 2.01. The van der Waals surface area contributed by atoms with Gasteiger partial charge in [-0.3, -0.25) is 0 Å². The average Bonchev–Trinajstić information content (AvgIpc) is 2.00. The summed E-state index contributed by atoms with van der Waals surface area (Å²) in [6, 6.07) is 0. The maximum atomic E-state index is 5.16. The molecule has 0 radical (unpaired) electrons. The molecule has 0 saturated carbocycles. The highest BCUT2D eigenvalue weighted by atomic mass is 32.1. The van der Waals surface area contributed by atoms with E-state index in [1.165, 1.54) is 0 Å². The van der Waals surface area contributed by atoms with E-state index in [4.69, 9.17) is 12.2 Å². The van der Waals surface area contributed by atoms with Crippen molar-refractivity contribution in [3.05, 3.63) is 0 Å². The minimum Gasteiger partial charge on any atom is -0.362 e. The summed E-state index contributed by atoms with van der Waals surface area (Å²) >= 11 is 5.16. The van der Waals surface area contributed by atoms with E-state index in [9.17, 15) is 0 Å². The molecule has 0 fully saturated rings. The normalized spacial score (nSPS) is 11.5. The maximum Gasteiger partial charge on any atom is 0.166 e. The Kier molecular flexibility index (Phi) is 5.30. The van der Waals surface area contributed by atoms with E-state index in [0.717, 1.165) is 18.1 Å². The third kappa shape index (κ3) is 6.82. The molecule has 3 heteroatoms. The molecule has 0 aromatic heterocycles.